The van der Waals surface area contributed by atoms with Gasteiger partial charge in [-0.25, -0.2) is 4.79 Å². The Morgan fingerprint density at radius 3 is 2.38 bits per heavy atom. The van der Waals surface area contributed by atoms with Crippen molar-refractivity contribution in [2.45, 2.75) is 45.4 Å². The largest absolute Gasteiger partial charge is 0.359 e. The highest BCUT2D eigenvalue weighted by Crippen LogP contribution is 2.19. The number of aryl methyl sites for hydroxylation is 1. The number of carbonyl (C=O) groups is 2. The highest BCUT2D eigenvalue weighted by atomic mass is 16.2. The van der Waals surface area contributed by atoms with Gasteiger partial charge in [0.25, 0.3) is 0 Å². The Hall–Kier alpha value is -2.04. The van der Waals surface area contributed by atoms with Crippen molar-refractivity contribution in [1.82, 2.24) is 10.2 Å². The second-order valence-corrected chi connectivity index (χ2v) is 6.46. The number of piperidine rings is 1. The van der Waals surface area contributed by atoms with E-state index in [9.17, 15) is 9.59 Å². The third-order valence-corrected chi connectivity index (χ3v) is 4.67. The van der Waals surface area contributed by atoms with E-state index in [-0.39, 0.29) is 17.9 Å². The van der Waals surface area contributed by atoms with Crippen LogP contribution in [0.3, 0.4) is 0 Å². The number of anilines is 1. The third-order valence-electron chi connectivity index (χ3n) is 4.67. The molecule has 0 unspecified atom stereocenters. The number of nitrogens with zero attached hydrogens (tertiary/aromatic N) is 1. The van der Waals surface area contributed by atoms with Crippen molar-refractivity contribution in [2.75, 3.05) is 25.5 Å². The minimum absolute atomic E-state index is 0.0291. The van der Waals surface area contributed by atoms with Crippen LogP contribution in [0.2, 0.25) is 0 Å². The standard InChI is InChI=1S/C19H29N3O2/c1-3-4-5-6-15-7-9-17(10-8-15)21-19(24)22-13-11-16(12-14-22)18(23)20-2/h7-10,16H,3-6,11-14H2,1-2H3,(H,20,23)(H,21,24). The van der Waals surface area contributed by atoms with Gasteiger partial charge in [0.15, 0.2) is 0 Å². The molecule has 5 nitrogen and oxygen atoms in total. The van der Waals surface area contributed by atoms with Crippen molar-refractivity contribution in [1.29, 1.82) is 0 Å². The zero-order chi connectivity index (χ0) is 17.4. The maximum atomic E-state index is 12.3. The summed E-state index contributed by atoms with van der Waals surface area (Å²) in [4.78, 5) is 25.7. The molecule has 1 aromatic rings. The molecule has 0 spiro atoms. The molecule has 0 saturated carbocycles. The fraction of sp³-hybridized carbons (Fsp3) is 0.579. The number of urea groups is 1. The topological polar surface area (TPSA) is 61.4 Å². The molecule has 2 N–H and O–H groups in total. The van der Waals surface area contributed by atoms with E-state index >= 15 is 0 Å². The first kappa shape index (κ1) is 18.3. The fourth-order valence-corrected chi connectivity index (χ4v) is 3.09. The van der Waals surface area contributed by atoms with Gasteiger partial charge in [0, 0.05) is 31.7 Å². The summed E-state index contributed by atoms with van der Waals surface area (Å²) >= 11 is 0. The summed E-state index contributed by atoms with van der Waals surface area (Å²) in [6, 6.07) is 8.03. The molecule has 1 saturated heterocycles. The smallest absolute Gasteiger partial charge is 0.321 e. The Morgan fingerprint density at radius 2 is 1.79 bits per heavy atom. The molecule has 0 atom stereocenters. The number of amides is 3. The first-order chi connectivity index (χ1) is 11.6. The van der Waals surface area contributed by atoms with Gasteiger partial charge >= 0.3 is 6.03 Å². The molecule has 0 aromatic heterocycles. The molecule has 2 rings (SSSR count). The summed E-state index contributed by atoms with van der Waals surface area (Å²) in [5, 5.41) is 5.63. The molecular formula is C19H29N3O2. The van der Waals surface area contributed by atoms with Gasteiger partial charge in [0.05, 0.1) is 0 Å². The average Bonchev–Trinajstić information content (AvgIpc) is 2.63. The number of rotatable bonds is 6. The van der Waals surface area contributed by atoms with E-state index < -0.39 is 0 Å². The highest BCUT2D eigenvalue weighted by Gasteiger charge is 2.26. The van der Waals surface area contributed by atoms with Crippen LogP contribution in [0.4, 0.5) is 10.5 Å². The highest BCUT2D eigenvalue weighted by molar-refractivity contribution is 5.89. The van der Waals surface area contributed by atoms with Crippen LogP contribution in [0.5, 0.6) is 0 Å². The minimum atomic E-state index is -0.0795. The first-order valence-electron chi connectivity index (χ1n) is 9.00. The first-order valence-corrected chi connectivity index (χ1v) is 9.00. The van der Waals surface area contributed by atoms with Crippen molar-refractivity contribution in [3.8, 4) is 0 Å². The number of hydrogen-bond donors (Lipinski definition) is 2. The molecule has 0 aliphatic carbocycles. The van der Waals surface area contributed by atoms with Gasteiger partial charge in [-0.15, -0.1) is 0 Å². The number of nitrogens with one attached hydrogen (secondary N) is 2. The molecule has 1 heterocycles. The predicted molar refractivity (Wildman–Crippen MR) is 97.1 cm³/mol. The molecule has 24 heavy (non-hydrogen) atoms. The van der Waals surface area contributed by atoms with Crippen LogP contribution < -0.4 is 10.6 Å². The zero-order valence-electron chi connectivity index (χ0n) is 14.8. The van der Waals surface area contributed by atoms with Crippen LogP contribution in [0.25, 0.3) is 0 Å². The van der Waals surface area contributed by atoms with E-state index in [4.69, 9.17) is 0 Å². The molecule has 1 fully saturated rings. The van der Waals surface area contributed by atoms with E-state index in [0.717, 1.165) is 24.9 Å². The van der Waals surface area contributed by atoms with Gasteiger partial charge in [0.2, 0.25) is 5.91 Å². The molecule has 3 amide bonds. The summed E-state index contributed by atoms with van der Waals surface area (Å²) in [5.41, 5.74) is 2.14. The van der Waals surface area contributed by atoms with Crippen molar-refractivity contribution in [3.63, 3.8) is 0 Å². The Morgan fingerprint density at radius 1 is 1.12 bits per heavy atom. The minimum Gasteiger partial charge on any atom is -0.359 e. The lowest BCUT2D eigenvalue weighted by atomic mass is 9.96. The van der Waals surface area contributed by atoms with E-state index in [1.54, 1.807) is 11.9 Å². The molecule has 1 aliphatic rings. The van der Waals surface area contributed by atoms with E-state index in [2.05, 4.69) is 29.7 Å². The maximum Gasteiger partial charge on any atom is 0.321 e. The summed E-state index contributed by atoms with van der Waals surface area (Å²) in [7, 11) is 1.66. The number of unbranched alkanes of at least 4 members (excludes halogenated alkanes) is 2. The molecule has 0 bridgehead atoms. The van der Waals surface area contributed by atoms with Crippen LogP contribution >= 0.6 is 0 Å². The lowest BCUT2D eigenvalue weighted by Crippen LogP contribution is -2.44. The van der Waals surface area contributed by atoms with Crippen molar-refractivity contribution in [2.24, 2.45) is 5.92 Å². The van der Waals surface area contributed by atoms with E-state index in [0.29, 0.717) is 13.1 Å². The quantitative estimate of drug-likeness (QED) is 0.785. The van der Waals surface area contributed by atoms with Crippen LogP contribution in [0.15, 0.2) is 24.3 Å². The Labute approximate surface area is 144 Å². The number of carbonyl (C=O) groups excluding carboxylic acids is 2. The SMILES string of the molecule is CCCCCc1ccc(NC(=O)N2CCC(C(=O)NC)CC2)cc1. The summed E-state index contributed by atoms with van der Waals surface area (Å²) in [5.74, 6) is 0.107. The molecule has 0 radical (unpaired) electrons. The maximum absolute atomic E-state index is 12.3. The number of likely N-dealkylation sites (tertiary alicyclic amines) is 1. The van der Waals surface area contributed by atoms with Crippen molar-refractivity contribution >= 4 is 17.6 Å². The molecule has 132 valence electrons. The van der Waals surface area contributed by atoms with Gasteiger partial charge in [-0.2, -0.15) is 0 Å². The Balaban J connectivity index is 1.79. The summed E-state index contributed by atoms with van der Waals surface area (Å²) in [6.07, 6.45) is 6.24. The Kier molecular flexibility index (Phi) is 7.09. The van der Waals surface area contributed by atoms with Gasteiger partial charge in [0.1, 0.15) is 0 Å². The molecular weight excluding hydrogens is 302 g/mol. The number of benzene rings is 1. The van der Waals surface area contributed by atoms with Crippen LogP contribution in [0.1, 0.15) is 44.6 Å². The van der Waals surface area contributed by atoms with Crippen LogP contribution in [0, 0.1) is 5.92 Å². The third kappa shape index (κ3) is 5.25. The predicted octanol–water partition coefficient (Wildman–Crippen LogP) is 3.41. The van der Waals surface area contributed by atoms with Gasteiger partial charge < -0.3 is 15.5 Å². The molecule has 1 aromatic carbocycles. The Bertz CT molecular complexity index is 534. The second-order valence-electron chi connectivity index (χ2n) is 6.46. The van der Waals surface area contributed by atoms with Gasteiger partial charge in [-0.05, 0) is 43.4 Å². The normalized spacial score (nSPS) is 15.2. The fourth-order valence-electron chi connectivity index (χ4n) is 3.09. The van der Waals surface area contributed by atoms with Crippen molar-refractivity contribution in [3.05, 3.63) is 29.8 Å². The average molecular weight is 331 g/mol. The lowest BCUT2D eigenvalue weighted by Gasteiger charge is -2.31. The van der Waals surface area contributed by atoms with E-state index in [1.807, 2.05) is 12.1 Å². The number of hydrogen-bond acceptors (Lipinski definition) is 2. The summed E-state index contributed by atoms with van der Waals surface area (Å²) in [6.45, 7) is 3.45. The summed E-state index contributed by atoms with van der Waals surface area (Å²) < 4.78 is 0. The van der Waals surface area contributed by atoms with E-state index in [1.165, 1.54) is 24.8 Å². The van der Waals surface area contributed by atoms with Crippen LogP contribution in [-0.4, -0.2) is 37.0 Å². The second kappa shape index (κ2) is 9.30. The zero-order valence-corrected chi connectivity index (χ0v) is 14.8. The monoisotopic (exact) mass is 331 g/mol. The van der Waals surface area contributed by atoms with Crippen molar-refractivity contribution < 1.29 is 9.59 Å². The van der Waals surface area contributed by atoms with Gasteiger partial charge in [-0.1, -0.05) is 31.9 Å². The molecule has 5 heteroatoms. The van der Waals surface area contributed by atoms with Crippen LogP contribution in [-0.2, 0) is 11.2 Å². The molecule has 1 aliphatic heterocycles. The lowest BCUT2D eigenvalue weighted by molar-refractivity contribution is -0.125. The van der Waals surface area contributed by atoms with Gasteiger partial charge in [-0.3, -0.25) is 4.79 Å².